The number of likely N-dealkylation sites (tertiary alicyclic amines) is 1. The van der Waals surface area contributed by atoms with Crippen molar-refractivity contribution in [3.05, 3.63) is 24.3 Å². The van der Waals surface area contributed by atoms with Crippen LogP contribution in [0.3, 0.4) is 0 Å². The maximum atomic E-state index is 14.3. The minimum absolute atomic E-state index is 0.0291. The van der Waals surface area contributed by atoms with Gasteiger partial charge in [-0.3, -0.25) is 14.4 Å². The summed E-state index contributed by atoms with van der Waals surface area (Å²) in [6.07, 6.45) is 14.8. The van der Waals surface area contributed by atoms with Gasteiger partial charge >= 0.3 is 5.97 Å². The Morgan fingerprint density at radius 1 is 1.05 bits per heavy atom. The predicted molar refractivity (Wildman–Crippen MR) is 139 cm³/mol. The molecular weight excluding hydrogens is 472 g/mol. The number of rotatable bonds is 10. The van der Waals surface area contributed by atoms with E-state index in [9.17, 15) is 14.4 Å². The summed E-state index contributed by atoms with van der Waals surface area (Å²) < 4.78 is 12.6. The van der Waals surface area contributed by atoms with E-state index in [2.05, 4.69) is 13.8 Å². The van der Waals surface area contributed by atoms with Crippen LogP contribution in [0.25, 0.3) is 0 Å². The number of aliphatic hydroxyl groups excluding tert-OH is 1. The Morgan fingerprint density at radius 3 is 2.57 bits per heavy atom. The number of amides is 2. The van der Waals surface area contributed by atoms with E-state index in [0.717, 1.165) is 51.4 Å². The van der Waals surface area contributed by atoms with Gasteiger partial charge in [-0.2, -0.15) is 0 Å². The Kier molecular flexibility index (Phi) is 8.79. The highest BCUT2D eigenvalue weighted by Crippen LogP contribution is 2.58. The zero-order valence-corrected chi connectivity index (χ0v) is 22.7. The number of fused-ring (bicyclic) bond motifs is 2. The summed E-state index contributed by atoms with van der Waals surface area (Å²) in [5.41, 5.74) is -2.22. The Morgan fingerprint density at radius 2 is 1.84 bits per heavy atom. The van der Waals surface area contributed by atoms with Gasteiger partial charge in [0.1, 0.15) is 23.2 Å². The highest BCUT2D eigenvalue weighted by Gasteiger charge is 2.75. The number of unbranched alkanes of at least 4 members (excludes halogenated alkanes) is 3. The van der Waals surface area contributed by atoms with Crippen molar-refractivity contribution in [2.45, 2.75) is 102 Å². The normalized spacial score (nSPS) is 35.1. The summed E-state index contributed by atoms with van der Waals surface area (Å²) in [7, 11) is 0. The van der Waals surface area contributed by atoms with Gasteiger partial charge in [0.2, 0.25) is 11.8 Å². The van der Waals surface area contributed by atoms with Crippen molar-refractivity contribution in [3.8, 4) is 0 Å². The molecule has 2 amide bonds. The molecule has 2 fully saturated rings. The molecule has 0 aromatic rings. The van der Waals surface area contributed by atoms with E-state index in [1.807, 2.05) is 36.1 Å². The van der Waals surface area contributed by atoms with Crippen molar-refractivity contribution in [3.63, 3.8) is 0 Å². The lowest BCUT2D eigenvalue weighted by Crippen LogP contribution is -2.57. The molecule has 0 radical (unpaired) electrons. The van der Waals surface area contributed by atoms with Crippen molar-refractivity contribution in [2.75, 3.05) is 26.3 Å². The van der Waals surface area contributed by atoms with Crippen LogP contribution < -0.4 is 0 Å². The van der Waals surface area contributed by atoms with Crippen LogP contribution in [0.15, 0.2) is 24.3 Å². The summed E-state index contributed by atoms with van der Waals surface area (Å²) in [5, 5.41) is 9.13. The van der Waals surface area contributed by atoms with E-state index in [1.165, 1.54) is 0 Å². The number of nitrogens with zero attached hydrogens (tertiary/aromatic N) is 2. The van der Waals surface area contributed by atoms with Gasteiger partial charge in [0, 0.05) is 25.7 Å². The van der Waals surface area contributed by atoms with Crippen molar-refractivity contribution < 1.29 is 29.0 Å². The second-order valence-corrected chi connectivity index (χ2v) is 11.0. The van der Waals surface area contributed by atoms with E-state index in [4.69, 9.17) is 14.6 Å². The van der Waals surface area contributed by atoms with Crippen molar-refractivity contribution in [1.82, 2.24) is 9.80 Å². The lowest BCUT2D eigenvalue weighted by molar-refractivity contribution is -0.161. The SMILES string of the molecule is CCCC(C)N1CC=C[C@]23O[C@]4(CC)/C=C\CCCOC(=O)[C@@H]4[C@H]2C(=O)N(CCCCCCO)C3C1=O. The van der Waals surface area contributed by atoms with Crippen LogP contribution in [0.4, 0.5) is 0 Å². The molecule has 4 heterocycles. The van der Waals surface area contributed by atoms with Crippen LogP contribution in [-0.4, -0.2) is 82.3 Å². The molecule has 0 aliphatic carbocycles. The molecule has 0 aromatic heterocycles. The smallest absolute Gasteiger partial charge is 0.313 e. The van der Waals surface area contributed by atoms with Crippen LogP contribution in [0, 0.1) is 11.8 Å². The number of hydrogen-bond donors (Lipinski definition) is 1. The van der Waals surface area contributed by atoms with E-state index < -0.39 is 35.0 Å². The van der Waals surface area contributed by atoms with Crippen LogP contribution in [-0.2, 0) is 23.9 Å². The predicted octanol–water partition coefficient (Wildman–Crippen LogP) is 3.38. The van der Waals surface area contributed by atoms with E-state index in [-0.39, 0.29) is 24.5 Å². The van der Waals surface area contributed by atoms with Gasteiger partial charge in [0.05, 0.1) is 12.5 Å². The third-order valence-corrected chi connectivity index (χ3v) is 8.71. The second-order valence-electron chi connectivity index (χ2n) is 11.0. The van der Waals surface area contributed by atoms with Gasteiger partial charge in [0.15, 0.2) is 0 Å². The zero-order chi connectivity index (χ0) is 26.6. The van der Waals surface area contributed by atoms with Crippen molar-refractivity contribution in [2.24, 2.45) is 11.8 Å². The third-order valence-electron chi connectivity index (χ3n) is 8.71. The number of cyclic esters (lactones) is 1. The maximum Gasteiger partial charge on any atom is 0.313 e. The largest absolute Gasteiger partial charge is 0.465 e. The molecule has 0 saturated carbocycles. The number of esters is 1. The summed E-state index contributed by atoms with van der Waals surface area (Å²) in [6.45, 7) is 7.46. The fourth-order valence-electron chi connectivity index (χ4n) is 6.85. The van der Waals surface area contributed by atoms with Crippen molar-refractivity contribution in [1.29, 1.82) is 0 Å². The molecule has 37 heavy (non-hydrogen) atoms. The minimum Gasteiger partial charge on any atom is -0.465 e. The lowest BCUT2D eigenvalue weighted by Gasteiger charge is -2.39. The Hall–Kier alpha value is -2.19. The molecule has 2 unspecified atom stereocenters. The number of carbonyl (C=O) groups is 3. The first-order valence-corrected chi connectivity index (χ1v) is 14.3. The van der Waals surface area contributed by atoms with Gasteiger partial charge in [-0.1, -0.05) is 57.4 Å². The van der Waals surface area contributed by atoms with Gasteiger partial charge in [-0.05, 0) is 45.4 Å². The Labute approximate surface area is 221 Å². The van der Waals surface area contributed by atoms with Crippen LogP contribution in [0.5, 0.6) is 0 Å². The summed E-state index contributed by atoms with van der Waals surface area (Å²) in [4.78, 5) is 45.6. The van der Waals surface area contributed by atoms with Crippen LogP contribution >= 0.6 is 0 Å². The fraction of sp³-hybridized carbons (Fsp3) is 0.759. The van der Waals surface area contributed by atoms with Gasteiger partial charge < -0.3 is 24.4 Å². The number of carbonyl (C=O) groups excluding carboxylic acids is 3. The van der Waals surface area contributed by atoms with Gasteiger partial charge in [-0.25, -0.2) is 0 Å². The van der Waals surface area contributed by atoms with Crippen molar-refractivity contribution >= 4 is 17.8 Å². The number of allylic oxidation sites excluding steroid dienone is 1. The molecule has 8 heteroatoms. The molecule has 2 saturated heterocycles. The highest BCUT2D eigenvalue weighted by atomic mass is 16.6. The first kappa shape index (κ1) is 27.8. The maximum absolute atomic E-state index is 14.3. The topological polar surface area (TPSA) is 96.4 Å². The quantitative estimate of drug-likeness (QED) is 0.272. The molecule has 206 valence electrons. The first-order valence-electron chi connectivity index (χ1n) is 14.3. The highest BCUT2D eigenvalue weighted by molar-refractivity contribution is 5.99. The first-order chi connectivity index (χ1) is 17.9. The van der Waals surface area contributed by atoms with Crippen LogP contribution in [0.2, 0.25) is 0 Å². The average Bonchev–Trinajstić information content (AvgIpc) is 3.25. The third kappa shape index (κ3) is 4.87. The summed E-state index contributed by atoms with van der Waals surface area (Å²) in [5.74, 6) is -2.33. The van der Waals surface area contributed by atoms with E-state index in [1.54, 1.807) is 4.90 Å². The minimum atomic E-state index is -1.22. The van der Waals surface area contributed by atoms with E-state index >= 15 is 0 Å². The molecule has 0 bridgehead atoms. The molecule has 4 aliphatic rings. The average molecular weight is 517 g/mol. The molecule has 8 nitrogen and oxygen atoms in total. The lowest BCUT2D eigenvalue weighted by atomic mass is 9.73. The van der Waals surface area contributed by atoms with Gasteiger partial charge in [-0.15, -0.1) is 0 Å². The molecule has 4 rings (SSSR count). The summed E-state index contributed by atoms with van der Waals surface area (Å²) >= 11 is 0. The Bertz CT molecular complexity index is 918. The Balaban J connectivity index is 1.78. The standard InChI is InChI=1S/C29H44N2O6/c1-4-14-21(3)30-18-13-16-29-22(23-27(35)36-20-12-8-9-15-28(23,5-2)37-29)25(33)31(24(29)26(30)34)17-10-6-7-11-19-32/h9,13,15-16,21-24,32H,4-8,10-12,14,17-20H2,1-3H3/b15-9-/t21?,22-,23-,24?,28+,29-/m0/s1. The van der Waals surface area contributed by atoms with E-state index in [0.29, 0.717) is 26.1 Å². The molecule has 0 aromatic carbocycles. The molecule has 6 atom stereocenters. The summed E-state index contributed by atoms with van der Waals surface area (Å²) in [6, 6.07) is -0.789. The second kappa shape index (κ2) is 11.7. The number of aliphatic hydroxyl groups is 1. The zero-order valence-electron chi connectivity index (χ0n) is 22.7. The molecule has 1 N–H and O–H groups in total. The van der Waals surface area contributed by atoms with Crippen LogP contribution in [0.1, 0.15) is 78.6 Å². The number of ether oxygens (including phenoxy) is 2. The van der Waals surface area contributed by atoms with Gasteiger partial charge in [0.25, 0.3) is 0 Å². The molecule has 4 aliphatic heterocycles. The monoisotopic (exact) mass is 516 g/mol. The molecular formula is C29H44N2O6. The number of hydrogen-bond acceptors (Lipinski definition) is 6. The fourth-order valence-corrected chi connectivity index (χ4v) is 6.85. The molecule has 1 spiro atoms.